The largest absolute Gasteiger partial charge is 0.416 e. The Hall–Kier alpha value is -1.90. The lowest BCUT2D eigenvalue weighted by Crippen LogP contribution is -2.19. The molecule has 0 spiro atoms. The van der Waals surface area contributed by atoms with Crippen LogP contribution in [0.3, 0.4) is 0 Å². The number of halogens is 4. The van der Waals surface area contributed by atoms with Crippen molar-refractivity contribution in [3.63, 3.8) is 0 Å². The number of hydrogen-bond donors (Lipinski definition) is 1. The van der Waals surface area contributed by atoms with Gasteiger partial charge >= 0.3 is 6.18 Å². The second-order valence-corrected chi connectivity index (χ2v) is 6.34. The van der Waals surface area contributed by atoms with Gasteiger partial charge in [-0.2, -0.15) is 18.3 Å². The summed E-state index contributed by atoms with van der Waals surface area (Å²) in [5.41, 5.74) is 4.14. The molecule has 1 N–H and O–H groups in total. The minimum absolute atomic E-state index is 0.376. The van der Waals surface area contributed by atoms with Crippen LogP contribution in [0.2, 0.25) is 0 Å². The number of hydrazone groups is 1. The monoisotopic (exact) mass is 446 g/mol. The number of rotatable bonds is 3. The highest BCUT2D eigenvalue weighted by atomic mass is 127. The Morgan fingerprint density at radius 1 is 1.08 bits per heavy atom. The number of nitrogens with one attached hydrogen (secondary N) is 1. The zero-order valence-corrected chi connectivity index (χ0v) is 15.1. The lowest BCUT2D eigenvalue weighted by molar-refractivity contribution is -0.137. The zero-order valence-electron chi connectivity index (χ0n) is 12.9. The molecule has 0 bridgehead atoms. The van der Waals surface area contributed by atoms with E-state index in [1.54, 1.807) is 19.1 Å². The van der Waals surface area contributed by atoms with Crippen molar-refractivity contribution in [2.45, 2.75) is 20.0 Å². The lowest BCUT2D eigenvalue weighted by Gasteiger charge is -2.08. The molecule has 0 aliphatic carbocycles. The molecule has 2 rings (SSSR count). The fourth-order valence-corrected chi connectivity index (χ4v) is 2.41. The Morgan fingerprint density at radius 3 is 2.21 bits per heavy atom. The minimum atomic E-state index is -4.37. The Balaban J connectivity index is 2.10. The van der Waals surface area contributed by atoms with Gasteiger partial charge in [-0.25, -0.2) is 5.43 Å². The molecule has 7 heteroatoms. The van der Waals surface area contributed by atoms with Gasteiger partial charge in [-0.15, -0.1) is 0 Å². The molecule has 2 aromatic rings. The average Bonchev–Trinajstić information content (AvgIpc) is 2.54. The fraction of sp³-hybridized carbons (Fsp3) is 0.176. The lowest BCUT2D eigenvalue weighted by atomic mass is 10.1. The van der Waals surface area contributed by atoms with Crippen molar-refractivity contribution in [1.82, 2.24) is 5.43 Å². The number of carbonyl (C=O) groups is 1. The molecule has 2 aromatic carbocycles. The van der Waals surface area contributed by atoms with E-state index in [4.69, 9.17) is 0 Å². The van der Waals surface area contributed by atoms with E-state index < -0.39 is 11.7 Å². The predicted octanol–water partition coefficient (Wildman–Crippen LogP) is 4.77. The number of amides is 1. The summed E-state index contributed by atoms with van der Waals surface area (Å²) in [4.78, 5) is 12.1. The number of aryl methyl sites for hydroxylation is 1. The van der Waals surface area contributed by atoms with Gasteiger partial charge in [-0.3, -0.25) is 4.79 Å². The first-order chi connectivity index (χ1) is 11.2. The summed E-state index contributed by atoms with van der Waals surface area (Å²) in [5, 5.41) is 3.95. The van der Waals surface area contributed by atoms with Crippen molar-refractivity contribution in [1.29, 1.82) is 0 Å². The third-order valence-corrected chi connectivity index (χ3v) is 4.55. The van der Waals surface area contributed by atoms with Gasteiger partial charge in [0.05, 0.1) is 11.3 Å². The topological polar surface area (TPSA) is 41.5 Å². The van der Waals surface area contributed by atoms with E-state index in [-0.39, 0.29) is 5.91 Å². The number of nitrogens with zero attached hydrogens (tertiary/aromatic N) is 1. The summed E-state index contributed by atoms with van der Waals surface area (Å²) in [6.45, 7) is 3.55. The summed E-state index contributed by atoms with van der Waals surface area (Å²) < 4.78 is 38.6. The molecule has 0 saturated heterocycles. The molecule has 0 saturated carbocycles. The van der Waals surface area contributed by atoms with Crippen molar-refractivity contribution in [2.24, 2.45) is 5.10 Å². The first-order valence-electron chi connectivity index (χ1n) is 6.97. The number of hydrogen-bond acceptors (Lipinski definition) is 2. The Kier molecular flexibility index (Phi) is 5.63. The minimum Gasteiger partial charge on any atom is -0.267 e. The SMILES string of the molecule is C/C(=N\NC(=O)c1ccc(C)c(I)c1)c1ccc(C(F)(F)F)cc1. The van der Waals surface area contributed by atoms with Gasteiger partial charge in [-0.1, -0.05) is 18.2 Å². The van der Waals surface area contributed by atoms with E-state index in [9.17, 15) is 18.0 Å². The highest BCUT2D eigenvalue weighted by molar-refractivity contribution is 14.1. The van der Waals surface area contributed by atoms with E-state index in [2.05, 4.69) is 33.1 Å². The van der Waals surface area contributed by atoms with Crippen molar-refractivity contribution in [3.8, 4) is 0 Å². The van der Waals surface area contributed by atoms with Gasteiger partial charge in [0.2, 0.25) is 0 Å². The summed E-state index contributed by atoms with van der Waals surface area (Å²) in [6, 6.07) is 9.88. The maximum absolute atomic E-state index is 12.5. The molecule has 3 nitrogen and oxygen atoms in total. The van der Waals surface area contributed by atoms with Crippen LogP contribution >= 0.6 is 22.6 Å². The molecule has 0 unspecified atom stereocenters. The predicted molar refractivity (Wildman–Crippen MR) is 95.0 cm³/mol. The number of carbonyl (C=O) groups excluding carboxylic acids is 1. The van der Waals surface area contributed by atoms with Gasteiger partial charge < -0.3 is 0 Å². The second-order valence-electron chi connectivity index (χ2n) is 5.18. The quantitative estimate of drug-likeness (QED) is 0.412. The van der Waals surface area contributed by atoms with Gasteiger partial charge in [0.25, 0.3) is 5.91 Å². The van der Waals surface area contributed by atoms with Crippen LogP contribution in [-0.4, -0.2) is 11.6 Å². The van der Waals surface area contributed by atoms with Crippen LogP contribution in [0.5, 0.6) is 0 Å². The van der Waals surface area contributed by atoms with E-state index >= 15 is 0 Å². The average molecular weight is 446 g/mol. The molecule has 0 fully saturated rings. The summed E-state index contributed by atoms with van der Waals surface area (Å²) in [6.07, 6.45) is -4.37. The highest BCUT2D eigenvalue weighted by Gasteiger charge is 2.29. The molecule has 0 atom stereocenters. The number of alkyl halides is 3. The molecule has 0 aliphatic rings. The Labute approximate surface area is 151 Å². The van der Waals surface area contributed by atoms with Crippen LogP contribution in [0.25, 0.3) is 0 Å². The van der Waals surface area contributed by atoms with Gasteiger partial charge in [-0.05, 0) is 71.8 Å². The molecule has 0 radical (unpaired) electrons. The van der Waals surface area contributed by atoms with Crippen molar-refractivity contribution in [3.05, 3.63) is 68.3 Å². The van der Waals surface area contributed by atoms with Gasteiger partial charge in [0.15, 0.2) is 0 Å². The third-order valence-electron chi connectivity index (χ3n) is 3.39. The molecular weight excluding hydrogens is 432 g/mol. The van der Waals surface area contributed by atoms with Crippen LogP contribution in [0.15, 0.2) is 47.6 Å². The maximum atomic E-state index is 12.5. The summed E-state index contributed by atoms with van der Waals surface area (Å²) in [5.74, 6) is -0.376. The molecule has 0 aliphatic heterocycles. The first-order valence-corrected chi connectivity index (χ1v) is 8.05. The first kappa shape index (κ1) is 18.4. The summed E-state index contributed by atoms with van der Waals surface area (Å²) in [7, 11) is 0. The number of benzene rings is 2. The fourth-order valence-electron chi connectivity index (χ4n) is 1.90. The second kappa shape index (κ2) is 7.33. The van der Waals surface area contributed by atoms with E-state index in [1.807, 2.05) is 13.0 Å². The molecular formula is C17H14F3IN2O. The molecule has 0 aromatic heterocycles. The van der Waals surface area contributed by atoms with Crippen molar-refractivity contribution >= 4 is 34.2 Å². The smallest absolute Gasteiger partial charge is 0.267 e. The third kappa shape index (κ3) is 4.56. The van der Waals surface area contributed by atoms with Crippen molar-refractivity contribution < 1.29 is 18.0 Å². The van der Waals surface area contributed by atoms with E-state index in [0.717, 1.165) is 21.3 Å². The molecule has 24 heavy (non-hydrogen) atoms. The normalized spacial score (nSPS) is 12.2. The maximum Gasteiger partial charge on any atom is 0.416 e. The Bertz CT molecular complexity index is 783. The van der Waals surface area contributed by atoms with Crippen LogP contribution in [-0.2, 0) is 6.18 Å². The molecule has 1 amide bonds. The van der Waals surface area contributed by atoms with Gasteiger partial charge in [0, 0.05) is 9.13 Å². The Morgan fingerprint density at radius 2 is 1.67 bits per heavy atom. The standard InChI is InChI=1S/C17H14F3IN2O/c1-10-3-4-13(9-15(10)21)16(24)23-22-11(2)12-5-7-14(8-6-12)17(18,19)20/h3-9H,1-2H3,(H,23,24)/b22-11+. The highest BCUT2D eigenvalue weighted by Crippen LogP contribution is 2.29. The van der Waals surface area contributed by atoms with Crippen molar-refractivity contribution in [2.75, 3.05) is 0 Å². The van der Waals surface area contributed by atoms with Crippen LogP contribution < -0.4 is 5.43 Å². The van der Waals surface area contributed by atoms with Gasteiger partial charge in [0.1, 0.15) is 0 Å². The zero-order chi connectivity index (χ0) is 17.9. The van der Waals surface area contributed by atoms with Crippen LogP contribution in [0.1, 0.15) is 34.0 Å². The molecule has 0 heterocycles. The molecule has 126 valence electrons. The van der Waals surface area contributed by atoms with Crippen LogP contribution in [0, 0.1) is 10.5 Å². The van der Waals surface area contributed by atoms with E-state index in [0.29, 0.717) is 16.8 Å². The van der Waals surface area contributed by atoms with Crippen LogP contribution in [0.4, 0.5) is 13.2 Å². The van der Waals surface area contributed by atoms with E-state index in [1.165, 1.54) is 12.1 Å². The summed E-state index contributed by atoms with van der Waals surface area (Å²) >= 11 is 2.14.